The molecular weight excluding hydrogens is 480 g/mol. The Morgan fingerprint density at radius 1 is 0.875 bits per heavy atom. The largest absolute Gasteiger partial charge is 0.457 e. The summed E-state index contributed by atoms with van der Waals surface area (Å²) in [6.07, 6.45) is 0. The summed E-state index contributed by atoms with van der Waals surface area (Å²) in [4.78, 5) is 41.9. The summed E-state index contributed by atoms with van der Waals surface area (Å²) in [5, 5.41) is 13.7. The highest BCUT2D eigenvalue weighted by Gasteiger charge is 2.56. The average Bonchev–Trinajstić information content (AvgIpc) is 2.77. The number of ether oxygens (including phenoxy) is 1. The Hall–Kier alpha value is -2.79. The molecule has 0 bridgehead atoms. The first-order valence-corrected chi connectivity index (χ1v) is 11.0. The Morgan fingerprint density at radius 2 is 1.41 bits per heavy atom. The maximum absolute atomic E-state index is 13.1. The summed E-state index contributed by atoms with van der Waals surface area (Å²) in [5.41, 5.74) is -1.23. The molecule has 2 aromatic rings. The van der Waals surface area contributed by atoms with Crippen molar-refractivity contribution in [2.45, 2.75) is 5.54 Å². The van der Waals surface area contributed by atoms with Crippen molar-refractivity contribution in [2.75, 3.05) is 39.3 Å². The summed E-state index contributed by atoms with van der Waals surface area (Å²) in [7, 11) is 0. The summed E-state index contributed by atoms with van der Waals surface area (Å²) in [6, 6.07) is 13.3. The third-order valence-corrected chi connectivity index (χ3v) is 6.22. The summed E-state index contributed by atoms with van der Waals surface area (Å²) < 4.78 is 6.78. The third-order valence-electron chi connectivity index (χ3n) is 5.70. The minimum Gasteiger partial charge on any atom is -0.457 e. The zero-order valence-corrected chi connectivity index (χ0v) is 18.8. The molecule has 2 aliphatic rings. The minimum absolute atomic E-state index is 0.0421. The molecule has 2 fully saturated rings. The van der Waals surface area contributed by atoms with Crippen molar-refractivity contribution in [1.29, 1.82) is 0 Å². The van der Waals surface area contributed by atoms with Gasteiger partial charge in [0, 0.05) is 37.2 Å². The van der Waals surface area contributed by atoms with Crippen LogP contribution in [0.15, 0.2) is 53.0 Å². The Balaban J connectivity index is 1.63. The van der Waals surface area contributed by atoms with E-state index < -0.39 is 23.4 Å². The number of hydrogen-bond donors (Lipinski definition) is 3. The fraction of sp³-hybridized carbons (Fsp3) is 0.318. The van der Waals surface area contributed by atoms with Gasteiger partial charge in [0.1, 0.15) is 11.5 Å². The number of aliphatic hydroxyl groups is 1. The van der Waals surface area contributed by atoms with E-state index in [1.54, 1.807) is 29.2 Å². The standard InChI is InChI=1S/C22H23BrN4O5/c23-16-3-7-18(8-4-16)32-17-5-1-15(2-6-17)22(19(29)24-21(31)25-20(22)30)27-11-9-26(10-12-27)13-14-28/h1-8,28H,9-14H2,(H2,24,25,29,30,31). The molecule has 0 saturated carbocycles. The van der Waals surface area contributed by atoms with E-state index >= 15 is 0 Å². The van der Waals surface area contributed by atoms with Gasteiger partial charge in [-0.15, -0.1) is 0 Å². The zero-order valence-electron chi connectivity index (χ0n) is 17.2. The molecular formula is C22H23BrN4O5. The fourth-order valence-electron chi connectivity index (χ4n) is 4.10. The number of amides is 4. The molecule has 168 valence electrons. The van der Waals surface area contributed by atoms with Gasteiger partial charge in [0.15, 0.2) is 0 Å². The van der Waals surface area contributed by atoms with E-state index in [1.165, 1.54) is 0 Å². The molecule has 2 aromatic carbocycles. The Kier molecular flexibility index (Phi) is 6.56. The van der Waals surface area contributed by atoms with Gasteiger partial charge in [-0.3, -0.25) is 30.0 Å². The molecule has 0 radical (unpaired) electrons. The van der Waals surface area contributed by atoms with Crippen molar-refractivity contribution in [3.05, 3.63) is 58.6 Å². The van der Waals surface area contributed by atoms with E-state index in [0.717, 1.165) is 4.47 Å². The van der Waals surface area contributed by atoms with Crippen LogP contribution in [0.4, 0.5) is 4.79 Å². The molecule has 0 aromatic heterocycles. The van der Waals surface area contributed by atoms with Gasteiger partial charge in [-0.2, -0.15) is 0 Å². The predicted molar refractivity (Wildman–Crippen MR) is 119 cm³/mol. The van der Waals surface area contributed by atoms with Crippen LogP contribution in [0.25, 0.3) is 0 Å². The van der Waals surface area contributed by atoms with Crippen LogP contribution in [0.3, 0.4) is 0 Å². The van der Waals surface area contributed by atoms with E-state index in [0.29, 0.717) is 49.8 Å². The topological polar surface area (TPSA) is 111 Å². The monoisotopic (exact) mass is 502 g/mol. The van der Waals surface area contributed by atoms with Gasteiger partial charge in [0.2, 0.25) is 5.54 Å². The first-order chi connectivity index (χ1) is 15.4. The maximum atomic E-state index is 13.1. The highest BCUT2D eigenvalue weighted by Crippen LogP contribution is 2.34. The fourth-order valence-corrected chi connectivity index (χ4v) is 4.37. The van der Waals surface area contributed by atoms with Crippen molar-refractivity contribution in [2.24, 2.45) is 0 Å². The smallest absolute Gasteiger partial charge is 0.328 e. The first-order valence-electron chi connectivity index (χ1n) is 10.2. The molecule has 3 N–H and O–H groups in total. The maximum Gasteiger partial charge on any atom is 0.328 e. The second-order valence-electron chi connectivity index (χ2n) is 7.58. The van der Waals surface area contributed by atoms with Crippen LogP contribution in [-0.2, 0) is 15.1 Å². The second-order valence-corrected chi connectivity index (χ2v) is 8.50. The van der Waals surface area contributed by atoms with Crippen LogP contribution < -0.4 is 15.4 Å². The van der Waals surface area contributed by atoms with Crippen LogP contribution in [0.1, 0.15) is 5.56 Å². The predicted octanol–water partition coefficient (Wildman–Crippen LogP) is 1.41. The van der Waals surface area contributed by atoms with Gasteiger partial charge in [0.25, 0.3) is 11.8 Å². The van der Waals surface area contributed by atoms with Crippen molar-refractivity contribution in [1.82, 2.24) is 20.4 Å². The lowest BCUT2D eigenvalue weighted by molar-refractivity contribution is -0.150. The molecule has 0 atom stereocenters. The number of β-amino-alcohol motifs (C(OH)–C–C–N with tert-alkyl or cyclic N) is 1. The zero-order chi connectivity index (χ0) is 22.7. The molecule has 0 unspecified atom stereocenters. The number of imide groups is 2. The van der Waals surface area contributed by atoms with Gasteiger partial charge in [-0.25, -0.2) is 4.79 Å². The van der Waals surface area contributed by atoms with E-state index in [-0.39, 0.29) is 6.61 Å². The molecule has 4 rings (SSSR count). The number of aliphatic hydroxyl groups excluding tert-OH is 1. The number of piperazine rings is 1. The number of benzene rings is 2. The van der Waals surface area contributed by atoms with Gasteiger partial charge in [-0.1, -0.05) is 28.1 Å². The first kappa shape index (κ1) is 22.4. The molecule has 10 heteroatoms. The van der Waals surface area contributed by atoms with Crippen LogP contribution >= 0.6 is 15.9 Å². The molecule has 9 nitrogen and oxygen atoms in total. The third kappa shape index (κ3) is 4.26. The molecule has 2 heterocycles. The van der Waals surface area contributed by atoms with Crippen molar-refractivity contribution >= 4 is 33.8 Å². The molecule has 0 spiro atoms. The summed E-state index contributed by atoms with van der Waals surface area (Å²) >= 11 is 3.38. The van der Waals surface area contributed by atoms with Crippen molar-refractivity contribution < 1.29 is 24.2 Å². The van der Waals surface area contributed by atoms with Gasteiger partial charge in [-0.05, 0) is 42.0 Å². The lowest BCUT2D eigenvalue weighted by Gasteiger charge is -2.46. The number of rotatable bonds is 6. The minimum atomic E-state index is -1.67. The van der Waals surface area contributed by atoms with E-state index in [1.807, 2.05) is 24.3 Å². The number of halogens is 1. The normalized spacial score (nSPS) is 19.4. The van der Waals surface area contributed by atoms with Gasteiger partial charge < -0.3 is 9.84 Å². The van der Waals surface area contributed by atoms with Crippen LogP contribution in [0, 0.1) is 0 Å². The molecule has 2 aliphatic heterocycles. The molecule has 4 amide bonds. The van der Waals surface area contributed by atoms with Gasteiger partial charge in [0.05, 0.1) is 6.61 Å². The van der Waals surface area contributed by atoms with E-state index in [9.17, 15) is 19.5 Å². The highest BCUT2D eigenvalue weighted by molar-refractivity contribution is 9.10. The number of carbonyl (C=O) groups is 3. The quantitative estimate of drug-likeness (QED) is 0.512. The SMILES string of the molecule is O=C1NC(=O)C(c2ccc(Oc3ccc(Br)cc3)cc2)(N2CCN(CCO)CC2)C(=O)N1. The second kappa shape index (κ2) is 9.37. The number of carbonyl (C=O) groups excluding carboxylic acids is 3. The highest BCUT2D eigenvalue weighted by atomic mass is 79.9. The Labute approximate surface area is 193 Å². The van der Waals surface area contributed by atoms with Crippen molar-refractivity contribution in [3.63, 3.8) is 0 Å². The van der Waals surface area contributed by atoms with Crippen LogP contribution in [-0.4, -0.2) is 72.1 Å². The summed E-state index contributed by atoms with van der Waals surface area (Å²) in [5.74, 6) is -0.159. The average molecular weight is 503 g/mol. The molecule has 2 saturated heterocycles. The van der Waals surface area contributed by atoms with Crippen molar-refractivity contribution in [3.8, 4) is 11.5 Å². The van der Waals surface area contributed by atoms with Crippen LogP contribution in [0.5, 0.6) is 11.5 Å². The lowest BCUT2D eigenvalue weighted by Crippen LogP contribution is -2.72. The number of urea groups is 1. The number of hydrogen-bond acceptors (Lipinski definition) is 7. The van der Waals surface area contributed by atoms with Crippen LogP contribution in [0.2, 0.25) is 0 Å². The molecule has 32 heavy (non-hydrogen) atoms. The van der Waals surface area contributed by atoms with E-state index in [2.05, 4.69) is 31.5 Å². The molecule has 0 aliphatic carbocycles. The van der Waals surface area contributed by atoms with E-state index in [4.69, 9.17) is 4.74 Å². The number of nitrogens with one attached hydrogen (secondary N) is 2. The number of barbiturate groups is 1. The summed E-state index contributed by atoms with van der Waals surface area (Å²) in [6.45, 7) is 2.59. The Morgan fingerprint density at radius 3 is 1.94 bits per heavy atom. The van der Waals surface area contributed by atoms with Gasteiger partial charge >= 0.3 is 6.03 Å². The lowest BCUT2D eigenvalue weighted by atomic mass is 9.84. The number of nitrogens with zero attached hydrogens (tertiary/aromatic N) is 2. The Bertz CT molecular complexity index is 984.